The van der Waals surface area contributed by atoms with Crippen LogP contribution in [0.15, 0.2) is 10.6 Å². The van der Waals surface area contributed by atoms with Crippen molar-refractivity contribution in [2.75, 3.05) is 19.6 Å². The van der Waals surface area contributed by atoms with E-state index in [1.807, 2.05) is 0 Å². The second-order valence-corrected chi connectivity index (χ2v) is 4.73. The van der Waals surface area contributed by atoms with Crippen LogP contribution in [0, 0.1) is 5.92 Å². The second-order valence-electron chi connectivity index (χ2n) is 4.36. The molecule has 3 heterocycles. The van der Waals surface area contributed by atoms with E-state index in [0.717, 1.165) is 26.1 Å². The molecule has 1 amide bonds. The Labute approximate surface area is 97.8 Å². The van der Waals surface area contributed by atoms with Gasteiger partial charge in [-0.05, 0) is 30.5 Å². The number of fused-ring (bicyclic) bond motifs is 2. The molecular formula is C10H12ClN3O2. The van der Waals surface area contributed by atoms with Crippen molar-refractivity contribution in [2.24, 2.45) is 5.92 Å². The van der Waals surface area contributed by atoms with E-state index >= 15 is 0 Å². The minimum Gasteiger partial charge on any atom is -0.420 e. The molecule has 2 unspecified atom stereocenters. The molecule has 1 aromatic rings. The zero-order valence-corrected chi connectivity index (χ0v) is 9.41. The number of piperidine rings is 1. The molecule has 0 spiro atoms. The second kappa shape index (κ2) is 3.75. The first-order valence-corrected chi connectivity index (χ1v) is 5.75. The van der Waals surface area contributed by atoms with Gasteiger partial charge in [0.15, 0.2) is 0 Å². The Morgan fingerprint density at radius 1 is 1.62 bits per heavy atom. The summed E-state index contributed by atoms with van der Waals surface area (Å²) in [7, 11) is 0. The topological polar surface area (TPSA) is 58.4 Å². The predicted octanol–water partition coefficient (Wildman–Crippen LogP) is 0.762. The third-order valence-corrected chi connectivity index (χ3v) is 3.50. The Morgan fingerprint density at radius 2 is 2.50 bits per heavy atom. The highest BCUT2D eigenvalue weighted by Gasteiger charge is 2.39. The number of halogens is 1. The molecule has 1 aromatic heterocycles. The predicted molar refractivity (Wildman–Crippen MR) is 57.3 cm³/mol. The van der Waals surface area contributed by atoms with Crippen molar-refractivity contribution in [1.29, 1.82) is 0 Å². The normalized spacial score (nSPS) is 31.9. The molecule has 5 nitrogen and oxygen atoms in total. The summed E-state index contributed by atoms with van der Waals surface area (Å²) in [6, 6.07) is 0.229. The number of hydrogen-bond donors (Lipinski definition) is 1. The maximum Gasteiger partial charge on any atom is 0.307 e. The van der Waals surface area contributed by atoms with Gasteiger partial charge in [-0.1, -0.05) is 0 Å². The number of carbonyl (C=O) groups excluding carboxylic acids is 1. The van der Waals surface area contributed by atoms with Gasteiger partial charge < -0.3 is 14.6 Å². The molecule has 0 saturated carbocycles. The van der Waals surface area contributed by atoms with Gasteiger partial charge in [-0.3, -0.25) is 4.79 Å². The van der Waals surface area contributed by atoms with E-state index in [2.05, 4.69) is 15.2 Å². The lowest BCUT2D eigenvalue weighted by atomic mass is 10.0. The van der Waals surface area contributed by atoms with Crippen molar-refractivity contribution in [3.05, 3.63) is 17.3 Å². The van der Waals surface area contributed by atoms with Gasteiger partial charge in [0, 0.05) is 19.1 Å². The summed E-state index contributed by atoms with van der Waals surface area (Å²) in [6.45, 7) is 3.18. The third-order valence-electron chi connectivity index (χ3n) is 3.32. The fourth-order valence-corrected chi connectivity index (χ4v) is 2.66. The fraction of sp³-hybridized carbons (Fsp3) is 0.600. The van der Waals surface area contributed by atoms with Crippen LogP contribution < -0.4 is 5.32 Å². The highest BCUT2D eigenvalue weighted by molar-refractivity contribution is 6.28. The highest BCUT2D eigenvalue weighted by atomic mass is 35.5. The quantitative estimate of drug-likeness (QED) is 0.831. The third kappa shape index (κ3) is 1.70. The molecule has 2 aliphatic rings. The van der Waals surface area contributed by atoms with Crippen LogP contribution in [0.4, 0.5) is 0 Å². The molecule has 0 radical (unpaired) electrons. The molecule has 1 N–H and O–H groups in total. The van der Waals surface area contributed by atoms with Crippen LogP contribution in [-0.4, -0.2) is 41.5 Å². The van der Waals surface area contributed by atoms with Crippen LogP contribution in [0.1, 0.15) is 17.1 Å². The number of amides is 1. The summed E-state index contributed by atoms with van der Waals surface area (Å²) in [6.07, 6.45) is 2.50. The average molecular weight is 242 g/mol. The lowest BCUT2D eigenvalue weighted by molar-refractivity contribution is 0.0889. The Balaban J connectivity index is 1.65. The van der Waals surface area contributed by atoms with Crippen molar-refractivity contribution < 1.29 is 9.21 Å². The summed E-state index contributed by atoms with van der Waals surface area (Å²) in [5, 5.41) is 3.09. The molecule has 0 aromatic carbocycles. The maximum atomic E-state index is 11.7. The van der Waals surface area contributed by atoms with Gasteiger partial charge in [0.1, 0.15) is 0 Å². The van der Waals surface area contributed by atoms with Crippen LogP contribution in [-0.2, 0) is 0 Å². The van der Waals surface area contributed by atoms with E-state index in [9.17, 15) is 4.79 Å². The van der Waals surface area contributed by atoms with Crippen molar-refractivity contribution >= 4 is 17.5 Å². The van der Waals surface area contributed by atoms with E-state index in [4.69, 9.17) is 16.0 Å². The number of rotatable bonds is 2. The summed E-state index contributed by atoms with van der Waals surface area (Å²) in [5.74, 6) is 0.350. The number of nitrogens with zero attached hydrogens (tertiary/aromatic N) is 2. The van der Waals surface area contributed by atoms with E-state index in [1.54, 1.807) is 0 Å². The molecule has 2 saturated heterocycles. The Kier molecular flexibility index (Phi) is 2.37. The Hall–Kier alpha value is -1.07. The molecular weight excluding hydrogens is 230 g/mol. The van der Waals surface area contributed by atoms with Crippen molar-refractivity contribution in [2.45, 2.75) is 12.5 Å². The summed E-state index contributed by atoms with van der Waals surface area (Å²) in [5.41, 5.74) is 0. The maximum absolute atomic E-state index is 11.7. The zero-order valence-electron chi connectivity index (χ0n) is 8.65. The molecule has 0 aliphatic carbocycles. The smallest absolute Gasteiger partial charge is 0.307 e. The van der Waals surface area contributed by atoms with Gasteiger partial charge in [0.2, 0.25) is 5.22 Å². The number of carbonyl (C=O) groups is 1. The Morgan fingerprint density at radius 3 is 3.06 bits per heavy atom. The molecule has 2 bridgehead atoms. The summed E-state index contributed by atoms with van der Waals surface area (Å²) in [4.78, 5) is 17.9. The van der Waals surface area contributed by atoms with Crippen molar-refractivity contribution in [1.82, 2.24) is 15.2 Å². The van der Waals surface area contributed by atoms with Crippen LogP contribution >= 0.6 is 11.6 Å². The molecule has 3 atom stereocenters. The zero-order chi connectivity index (χ0) is 11.1. The fourth-order valence-electron chi connectivity index (χ4n) is 2.54. The van der Waals surface area contributed by atoms with Crippen LogP contribution in [0.2, 0.25) is 5.22 Å². The minimum atomic E-state index is -0.273. The number of nitrogens with one attached hydrogen (secondary N) is 1. The van der Waals surface area contributed by atoms with Gasteiger partial charge in [0.05, 0.1) is 6.20 Å². The van der Waals surface area contributed by atoms with E-state index in [0.29, 0.717) is 5.92 Å². The molecule has 16 heavy (non-hydrogen) atoms. The van der Waals surface area contributed by atoms with Gasteiger partial charge in [-0.2, -0.15) is 0 Å². The van der Waals surface area contributed by atoms with Crippen molar-refractivity contribution in [3.8, 4) is 0 Å². The van der Waals surface area contributed by atoms with E-state index < -0.39 is 0 Å². The first kappa shape index (κ1) is 10.1. The monoisotopic (exact) mass is 241 g/mol. The van der Waals surface area contributed by atoms with E-state index in [1.165, 1.54) is 6.20 Å². The number of hydrogen-bond acceptors (Lipinski definition) is 4. The van der Waals surface area contributed by atoms with Crippen LogP contribution in [0.3, 0.4) is 0 Å². The SMILES string of the molecule is O=C(NC1CN2CC[C@H]1C2)c1ncc(Cl)o1. The first-order chi connectivity index (χ1) is 7.72. The van der Waals surface area contributed by atoms with Gasteiger partial charge >= 0.3 is 5.91 Å². The molecule has 3 rings (SSSR count). The summed E-state index contributed by atoms with van der Waals surface area (Å²) >= 11 is 5.57. The highest BCUT2D eigenvalue weighted by Crippen LogP contribution is 2.27. The van der Waals surface area contributed by atoms with Crippen molar-refractivity contribution in [3.63, 3.8) is 0 Å². The van der Waals surface area contributed by atoms with Crippen LogP contribution in [0.25, 0.3) is 0 Å². The molecule has 2 aliphatic heterocycles. The van der Waals surface area contributed by atoms with Gasteiger partial charge in [-0.15, -0.1) is 0 Å². The lowest BCUT2D eigenvalue weighted by Crippen LogP contribution is -2.43. The van der Waals surface area contributed by atoms with Crippen LogP contribution in [0.5, 0.6) is 0 Å². The molecule has 86 valence electrons. The van der Waals surface area contributed by atoms with E-state index in [-0.39, 0.29) is 23.1 Å². The lowest BCUT2D eigenvalue weighted by Gasteiger charge is -2.22. The molecule has 2 fully saturated rings. The van der Waals surface area contributed by atoms with Gasteiger partial charge in [-0.25, -0.2) is 4.98 Å². The number of aromatic nitrogens is 1. The first-order valence-electron chi connectivity index (χ1n) is 5.37. The number of oxazole rings is 1. The Bertz CT molecular complexity index is 420. The minimum absolute atomic E-state index is 0.0442. The standard InChI is InChI=1S/C10H12ClN3O2/c11-8-3-12-10(16-8)9(15)13-7-5-14-2-1-6(7)4-14/h3,6-7H,1-2,4-5H2,(H,13,15)/t6-,7?/m0/s1. The summed E-state index contributed by atoms with van der Waals surface area (Å²) < 4.78 is 4.96. The van der Waals surface area contributed by atoms with Gasteiger partial charge in [0.25, 0.3) is 5.89 Å². The largest absolute Gasteiger partial charge is 0.420 e. The average Bonchev–Trinajstić information content (AvgIpc) is 2.92. The molecule has 6 heteroatoms.